The standard InChI is InChI=1S/C28H28N2O5S/c31-19-22-18-21(8-15-27(22)32)28(33)29-17-16-20-6-9-23(10-7-20)30-24-11-13-26(14-12-24)36(34,35)25-4-2-1-3-5-25/h1-15,18,28-33H,16-17,19H2. The predicted octanol–water partition coefficient (Wildman–Crippen LogP) is 4.28. The summed E-state index contributed by atoms with van der Waals surface area (Å²) >= 11 is 0. The van der Waals surface area contributed by atoms with Gasteiger partial charge in [-0.25, -0.2) is 8.42 Å². The zero-order chi connectivity index (χ0) is 25.5. The lowest BCUT2D eigenvalue weighted by atomic mass is 10.1. The number of nitrogens with one attached hydrogen (secondary N) is 2. The smallest absolute Gasteiger partial charge is 0.206 e. The Hall–Kier alpha value is -3.69. The summed E-state index contributed by atoms with van der Waals surface area (Å²) in [5.41, 5.74) is 3.65. The number of anilines is 2. The van der Waals surface area contributed by atoms with Gasteiger partial charge in [-0.1, -0.05) is 36.4 Å². The fraction of sp³-hybridized carbons (Fsp3) is 0.143. The molecule has 0 radical (unpaired) electrons. The molecule has 0 aliphatic rings. The summed E-state index contributed by atoms with van der Waals surface area (Å²) < 4.78 is 25.5. The first-order valence-corrected chi connectivity index (χ1v) is 13.0. The molecule has 0 aliphatic carbocycles. The van der Waals surface area contributed by atoms with Crippen molar-refractivity contribution in [3.63, 3.8) is 0 Å². The van der Waals surface area contributed by atoms with Gasteiger partial charge in [0.1, 0.15) is 12.0 Å². The number of sulfone groups is 1. The second kappa shape index (κ2) is 11.4. The minimum atomic E-state index is -3.55. The van der Waals surface area contributed by atoms with E-state index in [9.17, 15) is 23.7 Å². The van der Waals surface area contributed by atoms with Crippen LogP contribution >= 0.6 is 0 Å². The highest BCUT2D eigenvalue weighted by atomic mass is 32.2. The van der Waals surface area contributed by atoms with Crippen LogP contribution in [-0.4, -0.2) is 30.3 Å². The third kappa shape index (κ3) is 6.10. The van der Waals surface area contributed by atoms with E-state index in [1.807, 2.05) is 24.3 Å². The lowest BCUT2D eigenvalue weighted by molar-refractivity contribution is 0.139. The summed E-state index contributed by atoms with van der Waals surface area (Å²) in [5.74, 6) is -0.00434. The van der Waals surface area contributed by atoms with Gasteiger partial charge in [0.15, 0.2) is 0 Å². The van der Waals surface area contributed by atoms with Crippen LogP contribution in [0.25, 0.3) is 0 Å². The van der Waals surface area contributed by atoms with E-state index in [2.05, 4.69) is 10.6 Å². The first-order chi connectivity index (χ1) is 17.4. The Morgan fingerprint density at radius 2 is 1.39 bits per heavy atom. The molecule has 1 unspecified atom stereocenters. The summed E-state index contributed by atoms with van der Waals surface area (Å²) in [7, 11) is -3.55. The molecule has 36 heavy (non-hydrogen) atoms. The molecule has 0 heterocycles. The molecule has 5 N–H and O–H groups in total. The molecule has 0 spiro atoms. The van der Waals surface area contributed by atoms with Gasteiger partial charge in [-0.05, 0) is 78.2 Å². The summed E-state index contributed by atoms with van der Waals surface area (Å²) in [5, 5.41) is 35.5. The van der Waals surface area contributed by atoms with Crippen molar-refractivity contribution >= 4 is 21.2 Å². The Morgan fingerprint density at radius 3 is 2.03 bits per heavy atom. The Kier molecular flexibility index (Phi) is 8.02. The molecule has 0 saturated carbocycles. The van der Waals surface area contributed by atoms with Gasteiger partial charge in [0.2, 0.25) is 9.84 Å². The monoisotopic (exact) mass is 504 g/mol. The molecule has 186 valence electrons. The Morgan fingerprint density at radius 1 is 0.778 bits per heavy atom. The zero-order valence-corrected chi connectivity index (χ0v) is 20.3. The van der Waals surface area contributed by atoms with Gasteiger partial charge in [-0.2, -0.15) is 0 Å². The summed E-state index contributed by atoms with van der Waals surface area (Å²) in [6.45, 7) is 0.227. The van der Waals surface area contributed by atoms with E-state index in [0.29, 0.717) is 24.1 Å². The highest BCUT2D eigenvalue weighted by Crippen LogP contribution is 2.24. The van der Waals surface area contributed by atoms with Crippen LogP contribution < -0.4 is 10.6 Å². The van der Waals surface area contributed by atoms with Crippen LogP contribution in [0, 0.1) is 0 Å². The molecule has 0 saturated heterocycles. The number of aliphatic hydroxyl groups excluding tert-OH is 2. The first kappa shape index (κ1) is 25.4. The van der Waals surface area contributed by atoms with Crippen molar-refractivity contribution in [2.75, 3.05) is 11.9 Å². The second-order valence-corrected chi connectivity index (χ2v) is 10.3. The van der Waals surface area contributed by atoms with Crippen LogP contribution in [0.1, 0.15) is 22.9 Å². The molecule has 7 nitrogen and oxygen atoms in total. The van der Waals surface area contributed by atoms with E-state index in [1.54, 1.807) is 66.7 Å². The molecule has 8 heteroatoms. The molecule has 0 aliphatic heterocycles. The zero-order valence-electron chi connectivity index (χ0n) is 19.5. The van der Waals surface area contributed by atoms with Crippen LogP contribution in [0.15, 0.2) is 107 Å². The van der Waals surface area contributed by atoms with Gasteiger partial charge in [-0.3, -0.25) is 5.32 Å². The van der Waals surface area contributed by atoms with Gasteiger partial charge < -0.3 is 20.6 Å². The molecule has 4 aromatic carbocycles. The minimum Gasteiger partial charge on any atom is -0.508 e. The van der Waals surface area contributed by atoms with Crippen molar-refractivity contribution in [3.8, 4) is 5.75 Å². The highest BCUT2D eigenvalue weighted by Gasteiger charge is 2.16. The fourth-order valence-corrected chi connectivity index (χ4v) is 5.03. The fourth-order valence-electron chi connectivity index (χ4n) is 3.75. The van der Waals surface area contributed by atoms with Crippen LogP contribution in [0.2, 0.25) is 0 Å². The number of benzene rings is 4. The number of aliphatic hydroxyl groups is 2. The third-order valence-electron chi connectivity index (χ3n) is 5.80. The number of hydrogen-bond acceptors (Lipinski definition) is 7. The number of phenols is 1. The Labute approximate surface area is 210 Å². The van der Waals surface area contributed by atoms with Gasteiger partial charge in [0, 0.05) is 23.5 Å². The molecule has 0 amide bonds. The Bertz CT molecular complexity index is 1390. The maximum absolute atomic E-state index is 12.7. The van der Waals surface area contributed by atoms with Gasteiger partial charge >= 0.3 is 0 Å². The molecule has 0 fully saturated rings. The second-order valence-electron chi connectivity index (χ2n) is 8.32. The summed E-state index contributed by atoms with van der Waals surface area (Å²) in [6, 6.07) is 27.5. The van der Waals surface area contributed by atoms with E-state index in [1.165, 1.54) is 6.07 Å². The molecule has 1 atom stereocenters. The highest BCUT2D eigenvalue weighted by molar-refractivity contribution is 7.91. The SMILES string of the molecule is O=S(=O)(c1ccccc1)c1ccc(Nc2ccc(CCNC(O)c3ccc(O)c(CO)c3)cc2)cc1. The predicted molar refractivity (Wildman–Crippen MR) is 139 cm³/mol. The molecule has 0 aromatic heterocycles. The minimum absolute atomic E-state index is 0.00434. The Balaban J connectivity index is 1.30. The largest absolute Gasteiger partial charge is 0.508 e. The third-order valence-corrected chi connectivity index (χ3v) is 7.59. The van der Waals surface area contributed by atoms with E-state index in [4.69, 9.17) is 0 Å². The van der Waals surface area contributed by atoms with Crippen LogP contribution in [-0.2, 0) is 22.9 Å². The van der Waals surface area contributed by atoms with E-state index >= 15 is 0 Å². The lowest BCUT2D eigenvalue weighted by Gasteiger charge is -2.15. The molecular weight excluding hydrogens is 476 g/mol. The van der Waals surface area contributed by atoms with Crippen LogP contribution in [0.4, 0.5) is 11.4 Å². The van der Waals surface area contributed by atoms with E-state index < -0.39 is 16.1 Å². The van der Waals surface area contributed by atoms with Gasteiger partial charge in [-0.15, -0.1) is 0 Å². The van der Waals surface area contributed by atoms with Crippen molar-refractivity contribution in [1.29, 1.82) is 0 Å². The maximum Gasteiger partial charge on any atom is 0.206 e. The topological polar surface area (TPSA) is 119 Å². The van der Waals surface area contributed by atoms with Crippen LogP contribution in [0.3, 0.4) is 0 Å². The molecular formula is C28H28N2O5S. The number of aromatic hydroxyl groups is 1. The first-order valence-electron chi connectivity index (χ1n) is 11.5. The average Bonchev–Trinajstić information content (AvgIpc) is 2.90. The molecule has 0 bridgehead atoms. The van der Waals surface area contributed by atoms with Crippen molar-refractivity contribution in [2.24, 2.45) is 0 Å². The van der Waals surface area contributed by atoms with Crippen molar-refractivity contribution in [3.05, 3.63) is 114 Å². The maximum atomic E-state index is 12.7. The number of rotatable bonds is 10. The molecule has 4 aromatic rings. The van der Waals surface area contributed by atoms with Crippen molar-refractivity contribution in [2.45, 2.75) is 29.0 Å². The normalized spacial score (nSPS) is 12.3. The average molecular weight is 505 g/mol. The summed E-state index contributed by atoms with van der Waals surface area (Å²) in [6.07, 6.45) is -0.223. The van der Waals surface area contributed by atoms with Crippen molar-refractivity contribution < 1.29 is 23.7 Å². The number of hydrogen-bond donors (Lipinski definition) is 5. The van der Waals surface area contributed by atoms with Crippen LogP contribution in [0.5, 0.6) is 5.75 Å². The summed E-state index contributed by atoms with van der Waals surface area (Å²) in [4.78, 5) is 0.505. The van der Waals surface area contributed by atoms with E-state index in [-0.39, 0.29) is 22.1 Å². The molecule has 4 rings (SSSR count). The van der Waals surface area contributed by atoms with Gasteiger partial charge in [0.25, 0.3) is 0 Å². The van der Waals surface area contributed by atoms with E-state index in [0.717, 1.165) is 16.9 Å². The lowest BCUT2D eigenvalue weighted by Crippen LogP contribution is -2.23. The quantitative estimate of drug-likeness (QED) is 0.205. The van der Waals surface area contributed by atoms with Crippen molar-refractivity contribution in [1.82, 2.24) is 5.32 Å². The van der Waals surface area contributed by atoms with Gasteiger partial charge in [0.05, 0.1) is 16.4 Å².